The van der Waals surface area contributed by atoms with Crippen molar-refractivity contribution < 1.29 is 0 Å². The van der Waals surface area contributed by atoms with E-state index in [1.807, 2.05) is 0 Å². The fourth-order valence-corrected chi connectivity index (χ4v) is 2.26. The highest BCUT2D eigenvalue weighted by Gasteiger charge is 2.06. The minimum Gasteiger partial charge on any atom is -0.0587 e. The normalized spacial score (nSPS) is 10.5. The SMILES string of the molecule is Cc1ccc(-c2ccc(Br)c(C)c2C)cc1. The first-order valence-corrected chi connectivity index (χ1v) is 6.21. The second-order valence-electron chi connectivity index (χ2n) is 4.21. The molecule has 0 aliphatic rings. The molecule has 1 heteroatoms. The van der Waals surface area contributed by atoms with Gasteiger partial charge in [0.05, 0.1) is 0 Å². The van der Waals surface area contributed by atoms with Crippen LogP contribution in [-0.2, 0) is 0 Å². The summed E-state index contributed by atoms with van der Waals surface area (Å²) < 4.78 is 1.18. The molecule has 0 aliphatic carbocycles. The van der Waals surface area contributed by atoms with Gasteiger partial charge in [0.25, 0.3) is 0 Å². The average Bonchev–Trinajstić information content (AvgIpc) is 2.28. The largest absolute Gasteiger partial charge is 0.0587 e. The summed E-state index contributed by atoms with van der Waals surface area (Å²) in [4.78, 5) is 0. The lowest BCUT2D eigenvalue weighted by Gasteiger charge is -2.10. The zero-order valence-electron chi connectivity index (χ0n) is 9.84. The van der Waals surface area contributed by atoms with Gasteiger partial charge < -0.3 is 0 Å². The van der Waals surface area contributed by atoms with Crippen molar-refractivity contribution in [2.75, 3.05) is 0 Å². The summed E-state index contributed by atoms with van der Waals surface area (Å²) in [6.45, 7) is 6.44. The van der Waals surface area contributed by atoms with E-state index >= 15 is 0 Å². The Labute approximate surface area is 105 Å². The van der Waals surface area contributed by atoms with Crippen LogP contribution in [0.2, 0.25) is 0 Å². The molecule has 82 valence electrons. The second kappa shape index (κ2) is 4.42. The Kier molecular flexibility index (Phi) is 3.15. The monoisotopic (exact) mass is 274 g/mol. The maximum Gasteiger partial charge on any atom is 0.0207 e. The number of benzene rings is 2. The summed E-state index contributed by atoms with van der Waals surface area (Å²) in [6, 6.07) is 13.0. The molecule has 0 amide bonds. The molecule has 0 radical (unpaired) electrons. The molecule has 0 nitrogen and oxygen atoms in total. The number of aryl methyl sites for hydroxylation is 1. The van der Waals surface area contributed by atoms with Crippen molar-refractivity contribution >= 4 is 15.9 Å². The minimum absolute atomic E-state index is 1.18. The molecule has 2 rings (SSSR count). The first-order valence-electron chi connectivity index (χ1n) is 5.42. The molecule has 0 aliphatic heterocycles. The molecule has 16 heavy (non-hydrogen) atoms. The van der Waals surface area contributed by atoms with Gasteiger partial charge in [-0.05, 0) is 49.1 Å². The lowest BCUT2D eigenvalue weighted by Crippen LogP contribution is -1.88. The summed E-state index contributed by atoms with van der Waals surface area (Å²) in [5.41, 5.74) is 6.57. The summed E-state index contributed by atoms with van der Waals surface area (Å²) in [5, 5.41) is 0. The van der Waals surface area contributed by atoms with Crippen molar-refractivity contribution in [1.29, 1.82) is 0 Å². The fraction of sp³-hybridized carbons (Fsp3) is 0.200. The van der Waals surface area contributed by atoms with Crippen molar-refractivity contribution in [3.8, 4) is 11.1 Å². The average molecular weight is 275 g/mol. The maximum atomic E-state index is 3.56. The number of hydrogen-bond acceptors (Lipinski definition) is 0. The first kappa shape index (κ1) is 11.4. The molecule has 2 aromatic rings. The molecule has 0 aromatic heterocycles. The minimum atomic E-state index is 1.18. The molecule has 0 N–H and O–H groups in total. The number of rotatable bonds is 1. The molecular weight excluding hydrogens is 260 g/mol. The highest BCUT2D eigenvalue weighted by molar-refractivity contribution is 9.10. The van der Waals surface area contributed by atoms with Gasteiger partial charge in [-0.25, -0.2) is 0 Å². The molecule has 0 fully saturated rings. The van der Waals surface area contributed by atoms with Gasteiger partial charge in [-0.1, -0.05) is 51.8 Å². The van der Waals surface area contributed by atoms with Crippen LogP contribution in [0.3, 0.4) is 0 Å². The summed E-state index contributed by atoms with van der Waals surface area (Å²) in [6.07, 6.45) is 0. The van der Waals surface area contributed by atoms with Crippen molar-refractivity contribution in [2.24, 2.45) is 0 Å². The fourth-order valence-electron chi connectivity index (χ4n) is 1.83. The van der Waals surface area contributed by atoms with E-state index in [0.29, 0.717) is 0 Å². The van der Waals surface area contributed by atoms with E-state index in [0.717, 1.165) is 0 Å². The van der Waals surface area contributed by atoms with Crippen LogP contribution in [0.15, 0.2) is 40.9 Å². The molecule has 2 aromatic carbocycles. The summed E-state index contributed by atoms with van der Waals surface area (Å²) in [7, 11) is 0. The van der Waals surface area contributed by atoms with Gasteiger partial charge >= 0.3 is 0 Å². The van der Waals surface area contributed by atoms with Crippen LogP contribution < -0.4 is 0 Å². The predicted molar refractivity (Wildman–Crippen MR) is 73.8 cm³/mol. The van der Waals surface area contributed by atoms with E-state index in [2.05, 4.69) is 73.1 Å². The Hall–Kier alpha value is -1.08. The van der Waals surface area contributed by atoms with Gasteiger partial charge in [0.2, 0.25) is 0 Å². The summed E-state index contributed by atoms with van der Waals surface area (Å²) in [5.74, 6) is 0. The van der Waals surface area contributed by atoms with Gasteiger partial charge in [0.1, 0.15) is 0 Å². The van der Waals surface area contributed by atoms with E-state index in [-0.39, 0.29) is 0 Å². The topological polar surface area (TPSA) is 0 Å². The molecule has 0 heterocycles. The van der Waals surface area contributed by atoms with Crippen molar-refractivity contribution in [2.45, 2.75) is 20.8 Å². The zero-order valence-corrected chi connectivity index (χ0v) is 11.4. The molecule has 0 bridgehead atoms. The maximum absolute atomic E-state index is 3.56. The van der Waals surface area contributed by atoms with Gasteiger partial charge in [-0.3, -0.25) is 0 Å². The lowest BCUT2D eigenvalue weighted by atomic mass is 9.96. The zero-order chi connectivity index (χ0) is 11.7. The third-order valence-corrected chi connectivity index (χ3v) is 3.94. The number of halogens is 1. The van der Waals surface area contributed by atoms with E-state index in [1.165, 1.54) is 32.3 Å². The highest BCUT2D eigenvalue weighted by atomic mass is 79.9. The Morgan fingerprint density at radius 3 is 2.00 bits per heavy atom. The van der Waals surface area contributed by atoms with Gasteiger partial charge in [0, 0.05) is 4.47 Å². The quantitative estimate of drug-likeness (QED) is 0.683. The van der Waals surface area contributed by atoms with Crippen molar-refractivity contribution in [3.05, 3.63) is 57.6 Å². The summed E-state index contributed by atoms with van der Waals surface area (Å²) >= 11 is 3.56. The van der Waals surface area contributed by atoms with Crippen LogP contribution in [0.1, 0.15) is 16.7 Å². The standard InChI is InChI=1S/C15H15Br/c1-10-4-6-13(7-5-10)14-8-9-15(16)12(3)11(14)2/h4-9H,1-3H3. The van der Waals surface area contributed by atoms with Crippen LogP contribution in [0.25, 0.3) is 11.1 Å². The van der Waals surface area contributed by atoms with Crippen molar-refractivity contribution in [1.82, 2.24) is 0 Å². The first-order chi connectivity index (χ1) is 7.59. The van der Waals surface area contributed by atoms with Crippen LogP contribution in [0, 0.1) is 20.8 Å². The van der Waals surface area contributed by atoms with Crippen LogP contribution in [-0.4, -0.2) is 0 Å². The molecule has 0 saturated carbocycles. The Morgan fingerprint density at radius 1 is 0.750 bits per heavy atom. The molecule has 0 spiro atoms. The lowest BCUT2D eigenvalue weighted by molar-refractivity contribution is 1.31. The molecule has 0 unspecified atom stereocenters. The van der Waals surface area contributed by atoms with Crippen LogP contribution in [0.4, 0.5) is 0 Å². The smallest absolute Gasteiger partial charge is 0.0207 e. The van der Waals surface area contributed by atoms with Crippen LogP contribution in [0.5, 0.6) is 0 Å². The third kappa shape index (κ3) is 2.05. The predicted octanol–water partition coefficient (Wildman–Crippen LogP) is 5.04. The van der Waals surface area contributed by atoms with E-state index in [4.69, 9.17) is 0 Å². The Bertz CT molecular complexity index is 510. The molecule has 0 saturated heterocycles. The van der Waals surface area contributed by atoms with Gasteiger partial charge in [0.15, 0.2) is 0 Å². The Balaban J connectivity index is 2.57. The highest BCUT2D eigenvalue weighted by Crippen LogP contribution is 2.29. The van der Waals surface area contributed by atoms with Crippen molar-refractivity contribution in [3.63, 3.8) is 0 Å². The van der Waals surface area contributed by atoms with Gasteiger partial charge in [-0.2, -0.15) is 0 Å². The Morgan fingerprint density at radius 2 is 1.38 bits per heavy atom. The van der Waals surface area contributed by atoms with E-state index < -0.39 is 0 Å². The van der Waals surface area contributed by atoms with Gasteiger partial charge in [-0.15, -0.1) is 0 Å². The molecule has 0 atom stereocenters. The van der Waals surface area contributed by atoms with Crippen LogP contribution >= 0.6 is 15.9 Å². The van der Waals surface area contributed by atoms with E-state index in [9.17, 15) is 0 Å². The number of hydrogen-bond donors (Lipinski definition) is 0. The van der Waals surface area contributed by atoms with E-state index in [1.54, 1.807) is 0 Å². The second-order valence-corrected chi connectivity index (χ2v) is 5.07. The molecular formula is C15H15Br. The third-order valence-electron chi connectivity index (χ3n) is 3.08.